The summed E-state index contributed by atoms with van der Waals surface area (Å²) >= 11 is 12.4. The summed E-state index contributed by atoms with van der Waals surface area (Å²) in [6, 6.07) is 6.28. The Morgan fingerprint density at radius 1 is 1.32 bits per heavy atom. The lowest BCUT2D eigenvalue weighted by Crippen LogP contribution is -2.37. The fourth-order valence-corrected chi connectivity index (χ4v) is 3.61. The van der Waals surface area contributed by atoms with E-state index in [0.29, 0.717) is 6.04 Å². The molecule has 0 saturated heterocycles. The lowest BCUT2D eigenvalue weighted by Gasteiger charge is -2.25. The molecule has 0 bridgehead atoms. The molecule has 1 aliphatic carbocycles. The SMILES string of the molecule is CCNC(Cc1cc(Cl)ccc1Cl)C1CCC(C)C1. The van der Waals surface area contributed by atoms with Crippen molar-refractivity contribution in [2.24, 2.45) is 11.8 Å². The molecule has 0 amide bonds. The van der Waals surface area contributed by atoms with Crippen molar-refractivity contribution in [3.05, 3.63) is 33.8 Å². The number of nitrogens with one attached hydrogen (secondary N) is 1. The van der Waals surface area contributed by atoms with E-state index in [9.17, 15) is 0 Å². The van der Waals surface area contributed by atoms with E-state index < -0.39 is 0 Å². The second-order valence-electron chi connectivity index (χ2n) is 5.78. The highest BCUT2D eigenvalue weighted by Gasteiger charge is 2.28. The minimum Gasteiger partial charge on any atom is -0.314 e. The van der Waals surface area contributed by atoms with E-state index >= 15 is 0 Å². The van der Waals surface area contributed by atoms with Crippen LogP contribution in [0.2, 0.25) is 10.0 Å². The van der Waals surface area contributed by atoms with Gasteiger partial charge in [-0.25, -0.2) is 0 Å². The van der Waals surface area contributed by atoms with Gasteiger partial charge < -0.3 is 5.32 Å². The largest absolute Gasteiger partial charge is 0.314 e. The molecule has 1 fully saturated rings. The molecule has 3 atom stereocenters. The van der Waals surface area contributed by atoms with E-state index in [0.717, 1.165) is 34.8 Å². The molecule has 0 aliphatic heterocycles. The maximum Gasteiger partial charge on any atom is 0.0439 e. The zero-order valence-electron chi connectivity index (χ0n) is 11.8. The van der Waals surface area contributed by atoms with Crippen LogP contribution in [0.1, 0.15) is 38.7 Å². The third-order valence-electron chi connectivity index (χ3n) is 4.22. The molecule has 0 heterocycles. The summed E-state index contributed by atoms with van der Waals surface area (Å²) in [4.78, 5) is 0. The van der Waals surface area contributed by atoms with Crippen molar-refractivity contribution in [3.8, 4) is 0 Å². The van der Waals surface area contributed by atoms with E-state index in [1.54, 1.807) is 0 Å². The van der Waals surface area contributed by atoms with E-state index in [1.165, 1.54) is 24.8 Å². The van der Waals surface area contributed by atoms with Gasteiger partial charge in [0.1, 0.15) is 0 Å². The molecule has 1 N–H and O–H groups in total. The zero-order valence-corrected chi connectivity index (χ0v) is 13.3. The van der Waals surface area contributed by atoms with Crippen molar-refractivity contribution < 1.29 is 0 Å². The summed E-state index contributed by atoms with van der Waals surface area (Å²) in [5.74, 6) is 1.63. The molecule has 106 valence electrons. The molecule has 19 heavy (non-hydrogen) atoms. The third-order valence-corrected chi connectivity index (χ3v) is 4.82. The van der Waals surface area contributed by atoms with Crippen molar-refractivity contribution in [2.75, 3.05) is 6.54 Å². The molecule has 1 aromatic carbocycles. The number of rotatable bonds is 5. The molecular weight excluding hydrogens is 277 g/mol. The van der Waals surface area contributed by atoms with Gasteiger partial charge in [0.05, 0.1) is 0 Å². The van der Waals surface area contributed by atoms with Crippen LogP contribution in [0.15, 0.2) is 18.2 Å². The van der Waals surface area contributed by atoms with E-state index in [1.807, 2.05) is 18.2 Å². The summed E-state index contributed by atoms with van der Waals surface area (Å²) < 4.78 is 0. The van der Waals surface area contributed by atoms with Crippen LogP contribution in [0, 0.1) is 11.8 Å². The Bertz CT molecular complexity index is 419. The number of hydrogen-bond acceptors (Lipinski definition) is 1. The lowest BCUT2D eigenvalue weighted by molar-refractivity contribution is 0.354. The van der Waals surface area contributed by atoms with Gasteiger partial charge in [-0.1, -0.05) is 43.5 Å². The Morgan fingerprint density at radius 3 is 2.74 bits per heavy atom. The van der Waals surface area contributed by atoms with Gasteiger partial charge in [0.25, 0.3) is 0 Å². The van der Waals surface area contributed by atoms with Crippen LogP contribution < -0.4 is 5.32 Å². The van der Waals surface area contributed by atoms with Gasteiger partial charge in [-0.2, -0.15) is 0 Å². The first-order valence-corrected chi connectivity index (χ1v) is 8.03. The average molecular weight is 300 g/mol. The van der Waals surface area contributed by atoms with Gasteiger partial charge in [0.15, 0.2) is 0 Å². The van der Waals surface area contributed by atoms with Crippen LogP contribution >= 0.6 is 23.2 Å². The molecule has 3 heteroatoms. The van der Waals surface area contributed by atoms with E-state index in [4.69, 9.17) is 23.2 Å². The van der Waals surface area contributed by atoms with Gasteiger partial charge in [-0.3, -0.25) is 0 Å². The summed E-state index contributed by atoms with van der Waals surface area (Å²) in [6.45, 7) is 5.54. The number of halogens is 2. The van der Waals surface area contributed by atoms with Crippen molar-refractivity contribution >= 4 is 23.2 Å². The lowest BCUT2D eigenvalue weighted by atomic mass is 9.91. The number of benzene rings is 1. The maximum atomic E-state index is 6.29. The Labute approximate surface area is 126 Å². The van der Waals surface area contributed by atoms with Gasteiger partial charge in [-0.15, -0.1) is 0 Å². The first-order valence-electron chi connectivity index (χ1n) is 7.27. The van der Waals surface area contributed by atoms with E-state index in [-0.39, 0.29) is 0 Å². The minimum absolute atomic E-state index is 0.519. The topological polar surface area (TPSA) is 12.0 Å². The van der Waals surface area contributed by atoms with Crippen LogP contribution in [0.4, 0.5) is 0 Å². The molecular formula is C16H23Cl2N. The van der Waals surface area contributed by atoms with Crippen molar-refractivity contribution in [1.82, 2.24) is 5.32 Å². The van der Waals surface area contributed by atoms with Gasteiger partial charge in [-0.05, 0) is 61.4 Å². The predicted octanol–water partition coefficient (Wildman–Crippen LogP) is 4.95. The Hall–Kier alpha value is -0.240. The van der Waals surface area contributed by atoms with Crippen LogP contribution in [-0.4, -0.2) is 12.6 Å². The Morgan fingerprint density at radius 2 is 2.11 bits per heavy atom. The molecule has 3 unspecified atom stereocenters. The normalized spacial score (nSPS) is 24.6. The highest BCUT2D eigenvalue weighted by Crippen LogP contribution is 2.34. The summed E-state index contributed by atoms with van der Waals surface area (Å²) in [5.41, 5.74) is 1.17. The van der Waals surface area contributed by atoms with Crippen LogP contribution in [0.5, 0.6) is 0 Å². The fraction of sp³-hybridized carbons (Fsp3) is 0.625. The summed E-state index contributed by atoms with van der Waals surface area (Å²) in [6.07, 6.45) is 4.99. The number of hydrogen-bond donors (Lipinski definition) is 1. The van der Waals surface area contributed by atoms with E-state index in [2.05, 4.69) is 19.2 Å². The van der Waals surface area contributed by atoms with Gasteiger partial charge >= 0.3 is 0 Å². The molecule has 1 aromatic rings. The van der Waals surface area contributed by atoms with Crippen molar-refractivity contribution in [2.45, 2.75) is 45.6 Å². The highest BCUT2D eigenvalue weighted by atomic mass is 35.5. The number of likely N-dealkylation sites (N-methyl/N-ethyl adjacent to an activating group) is 1. The Kier molecular flexibility index (Phi) is 5.56. The Balaban J connectivity index is 2.09. The molecule has 0 spiro atoms. The average Bonchev–Trinajstić information content (AvgIpc) is 2.80. The minimum atomic E-state index is 0.519. The highest BCUT2D eigenvalue weighted by molar-refractivity contribution is 6.33. The second-order valence-corrected chi connectivity index (χ2v) is 6.63. The van der Waals surface area contributed by atoms with Crippen molar-refractivity contribution in [3.63, 3.8) is 0 Å². The molecule has 0 radical (unpaired) electrons. The first kappa shape index (κ1) is 15.2. The van der Waals surface area contributed by atoms with Crippen molar-refractivity contribution in [1.29, 1.82) is 0 Å². The van der Waals surface area contributed by atoms with Crippen LogP contribution in [-0.2, 0) is 6.42 Å². The molecule has 2 rings (SSSR count). The molecule has 1 saturated carbocycles. The molecule has 1 nitrogen and oxygen atoms in total. The molecule has 0 aromatic heterocycles. The standard InChI is InChI=1S/C16H23Cl2N/c1-3-19-16(12-5-4-11(2)8-12)10-13-9-14(17)6-7-15(13)18/h6-7,9,11-12,16,19H,3-5,8,10H2,1-2H3. The second kappa shape index (κ2) is 6.97. The maximum absolute atomic E-state index is 6.29. The van der Waals surface area contributed by atoms with Crippen LogP contribution in [0.3, 0.4) is 0 Å². The zero-order chi connectivity index (χ0) is 13.8. The van der Waals surface area contributed by atoms with Gasteiger partial charge in [0.2, 0.25) is 0 Å². The first-order chi connectivity index (χ1) is 9.10. The predicted molar refractivity (Wildman–Crippen MR) is 84.1 cm³/mol. The third kappa shape index (κ3) is 4.11. The smallest absolute Gasteiger partial charge is 0.0439 e. The quantitative estimate of drug-likeness (QED) is 0.811. The summed E-state index contributed by atoms with van der Waals surface area (Å²) in [7, 11) is 0. The monoisotopic (exact) mass is 299 g/mol. The van der Waals surface area contributed by atoms with Gasteiger partial charge in [0, 0.05) is 16.1 Å². The van der Waals surface area contributed by atoms with Crippen LogP contribution in [0.25, 0.3) is 0 Å². The molecule has 1 aliphatic rings. The fourth-order valence-electron chi connectivity index (χ4n) is 3.22. The summed E-state index contributed by atoms with van der Waals surface area (Å²) in [5, 5.41) is 5.24.